The number of thiophene rings is 2. The summed E-state index contributed by atoms with van der Waals surface area (Å²) in [5.41, 5.74) is 5.30. The van der Waals surface area contributed by atoms with Gasteiger partial charge in [0.1, 0.15) is 18.1 Å². The molecule has 4 heterocycles. The summed E-state index contributed by atoms with van der Waals surface area (Å²) in [7, 11) is 1.64. The van der Waals surface area contributed by atoms with E-state index in [1.165, 1.54) is 0 Å². The Bertz CT molecular complexity index is 1500. The second kappa shape index (κ2) is 8.06. The Labute approximate surface area is 198 Å². The van der Waals surface area contributed by atoms with E-state index in [0.717, 1.165) is 49.3 Å². The minimum absolute atomic E-state index is 0.0617. The molecule has 6 rings (SSSR count). The van der Waals surface area contributed by atoms with E-state index in [0.29, 0.717) is 5.56 Å². The number of ether oxygens (including phenoxy) is 2. The lowest BCUT2D eigenvalue weighted by atomic mass is 9.90. The summed E-state index contributed by atoms with van der Waals surface area (Å²) < 4.78 is 13.2. The number of hydrogen-bond acceptors (Lipinski definition) is 5. The molecule has 4 nitrogen and oxygen atoms in total. The molecule has 0 saturated heterocycles. The van der Waals surface area contributed by atoms with Gasteiger partial charge in [0.25, 0.3) is 5.56 Å². The lowest BCUT2D eigenvalue weighted by Gasteiger charge is -2.27. The molecule has 0 unspecified atom stereocenters. The predicted molar refractivity (Wildman–Crippen MR) is 135 cm³/mol. The van der Waals surface area contributed by atoms with Gasteiger partial charge in [-0.1, -0.05) is 30.3 Å². The zero-order valence-electron chi connectivity index (χ0n) is 17.8. The van der Waals surface area contributed by atoms with Crippen LogP contribution in [0.5, 0.6) is 11.5 Å². The SMILES string of the molecule is COc1ccc(-n2c(-c3cccs3)c(-c3cccs3)c3c(c2=O)COc2ccccc2-3)cc1. The zero-order chi connectivity index (χ0) is 22.4. The molecule has 0 fully saturated rings. The Balaban J connectivity index is 1.79. The highest BCUT2D eigenvalue weighted by Gasteiger charge is 2.30. The van der Waals surface area contributed by atoms with Crippen LogP contribution in [0.4, 0.5) is 0 Å². The molecule has 1 aliphatic rings. The van der Waals surface area contributed by atoms with Crippen LogP contribution in [0, 0.1) is 0 Å². The minimum Gasteiger partial charge on any atom is -0.497 e. The average molecular weight is 470 g/mol. The summed E-state index contributed by atoms with van der Waals surface area (Å²) in [6, 6.07) is 23.9. The lowest BCUT2D eigenvalue weighted by Crippen LogP contribution is -2.28. The molecule has 162 valence electrons. The molecule has 6 heteroatoms. The molecule has 0 aliphatic carbocycles. The Morgan fingerprint density at radius 2 is 1.58 bits per heavy atom. The molecule has 0 spiro atoms. The predicted octanol–water partition coefficient (Wildman–Crippen LogP) is 6.86. The molecule has 2 aromatic carbocycles. The molecule has 0 N–H and O–H groups in total. The molecule has 1 aliphatic heterocycles. The van der Waals surface area contributed by atoms with Crippen molar-refractivity contribution in [2.45, 2.75) is 6.61 Å². The topological polar surface area (TPSA) is 40.5 Å². The number of rotatable bonds is 4. The number of nitrogens with zero attached hydrogens (tertiary/aromatic N) is 1. The van der Waals surface area contributed by atoms with Crippen LogP contribution in [0.2, 0.25) is 0 Å². The van der Waals surface area contributed by atoms with Crippen LogP contribution in [0.15, 0.2) is 88.4 Å². The van der Waals surface area contributed by atoms with E-state index in [9.17, 15) is 4.79 Å². The summed E-state index contributed by atoms with van der Waals surface area (Å²) in [4.78, 5) is 16.2. The molecule has 33 heavy (non-hydrogen) atoms. The number of pyridine rings is 1. The van der Waals surface area contributed by atoms with E-state index in [-0.39, 0.29) is 12.2 Å². The van der Waals surface area contributed by atoms with Gasteiger partial charge in [-0.05, 0) is 53.2 Å². The van der Waals surface area contributed by atoms with Gasteiger partial charge in [0.05, 0.1) is 23.2 Å². The van der Waals surface area contributed by atoms with Gasteiger partial charge in [0.2, 0.25) is 0 Å². The quantitative estimate of drug-likeness (QED) is 0.289. The fourth-order valence-corrected chi connectivity index (χ4v) is 5.93. The number of para-hydroxylation sites is 1. The number of methoxy groups -OCH3 is 1. The van der Waals surface area contributed by atoms with Crippen LogP contribution >= 0.6 is 22.7 Å². The number of hydrogen-bond donors (Lipinski definition) is 0. The van der Waals surface area contributed by atoms with Crippen LogP contribution < -0.4 is 15.0 Å². The third kappa shape index (κ3) is 3.22. The van der Waals surface area contributed by atoms with Gasteiger partial charge < -0.3 is 9.47 Å². The third-order valence-electron chi connectivity index (χ3n) is 5.85. The molecular weight excluding hydrogens is 450 g/mol. The maximum atomic E-state index is 14.1. The van der Waals surface area contributed by atoms with Crippen molar-refractivity contribution < 1.29 is 9.47 Å². The molecule has 0 atom stereocenters. The maximum Gasteiger partial charge on any atom is 0.262 e. The molecule has 0 bridgehead atoms. The van der Waals surface area contributed by atoms with Gasteiger partial charge in [0, 0.05) is 27.3 Å². The van der Waals surface area contributed by atoms with E-state index in [1.807, 2.05) is 64.5 Å². The number of fused-ring (bicyclic) bond motifs is 3. The van der Waals surface area contributed by atoms with E-state index < -0.39 is 0 Å². The van der Waals surface area contributed by atoms with Gasteiger partial charge in [0.15, 0.2) is 0 Å². The Morgan fingerprint density at radius 1 is 0.848 bits per heavy atom. The first-order chi connectivity index (χ1) is 16.3. The maximum absolute atomic E-state index is 14.1. The monoisotopic (exact) mass is 469 g/mol. The first-order valence-electron chi connectivity index (χ1n) is 10.5. The van der Waals surface area contributed by atoms with Crippen LogP contribution in [0.3, 0.4) is 0 Å². The molecule has 5 aromatic rings. The highest BCUT2D eigenvalue weighted by molar-refractivity contribution is 7.14. The Morgan fingerprint density at radius 3 is 2.27 bits per heavy atom. The van der Waals surface area contributed by atoms with Gasteiger partial charge in [-0.3, -0.25) is 9.36 Å². The van der Waals surface area contributed by atoms with Gasteiger partial charge in [-0.25, -0.2) is 0 Å². The van der Waals surface area contributed by atoms with E-state index in [4.69, 9.17) is 9.47 Å². The Kier molecular flexibility index (Phi) is 4.89. The molecule has 0 saturated carbocycles. The van der Waals surface area contributed by atoms with E-state index in [2.05, 4.69) is 23.6 Å². The summed E-state index contributed by atoms with van der Waals surface area (Å²) in [6.07, 6.45) is 0. The summed E-state index contributed by atoms with van der Waals surface area (Å²) >= 11 is 3.31. The van der Waals surface area contributed by atoms with E-state index in [1.54, 1.807) is 29.8 Å². The van der Waals surface area contributed by atoms with Crippen molar-refractivity contribution in [3.8, 4) is 49.3 Å². The Hall–Kier alpha value is -3.61. The first kappa shape index (κ1) is 20.0. The van der Waals surface area contributed by atoms with Crippen molar-refractivity contribution in [1.82, 2.24) is 4.57 Å². The van der Waals surface area contributed by atoms with Crippen molar-refractivity contribution >= 4 is 22.7 Å². The lowest BCUT2D eigenvalue weighted by molar-refractivity contribution is 0.300. The number of aromatic nitrogens is 1. The molecule has 0 amide bonds. The number of benzene rings is 2. The fourth-order valence-electron chi connectivity index (χ4n) is 4.39. The highest BCUT2D eigenvalue weighted by Crippen LogP contribution is 2.48. The van der Waals surface area contributed by atoms with Gasteiger partial charge in [-0.15, -0.1) is 22.7 Å². The standard InChI is InChI=1S/C27H19NO3S2/c1-30-18-12-10-17(11-13-18)28-26(23-9-5-15-33-23)25(22-8-4-14-32-22)24-19-6-2-3-7-21(19)31-16-20(24)27(28)29/h2-15H,16H2,1H3. The zero-order valence-corrected chi connectivity index (χ0v) is 19.4. The second-order valence-electron chi connectivity index (χ2n) is 7.66. The highest BCUT2D eigenvalue weighted by atomic mass is 32.1. The third-order valence-corrected chi connectivity index (χ3v) is 7.62. The minimum atomic E-state index is -0.0617. The van der Waals surface area contributed by atoms with Gasteiger partial charge >= 0.3 is 0 Å². The largest absolute Gasteiger partial charge is 0.497 e. The summed E-state index contributed by atoms with van der Waals surface area (Å²) in [5.74, 6) is 1.56. The summed E-state index contributed by atoms with van der Waals surface area (Å²) in [6.45, 7) is 0.241. The van der Waals surface area contributed by atoms with Crippen LogP contribution in [-0.2, 0) is 6.61 Å². The molecule has 3 aromatic heterocycles. The first-order valence-corrected chi connectivity index (χ1v) is 12.3. The summed E-state index contributed by atoms with van der Waals surface area (Å²) in [5, 5.41) is 4.13. The second-order valence-corrected chi connectivity index (χ2v) is 9.55. The van der Waals surface area contributed by atoms with Gasteiger partial charge in [-0.2, -0.15) is 0 Å². The van der Waals surface area contributed by atoms with Crippen molar-refractivity contribution in [2.24, 2.45) is 0 Å². The average Bonchev–Trinajstić information content (AvgIpc) is 3.58. The van der Waals surface area contributed by atoms with Crippen molar-refractivity contribution in [2.75, 3.05) is 7.11 Å². The van der Waals surface area contributed by atoms with Crippen molar-refractivity contribution in [1.29, 1.82) is 0 Å². The fraction of sp³-hybridized carbons (Fsp3) is 0.0741. The molecular formula is C27H19NO3S2. The normalized spacial score (nSPS) is 12.0. The van der Waals surface area contributed by atoms with E-state index >= 15 is 0 Å². The molecule has 0 radical (unpaired) electrons. The van der Waals surface area contributed by atoms with Crippen molar-refractivity contribution in [3.63, 3.8) is 0 Å². The van der Waals surface area contributed by atoms with Crippen molar-refractivity contribution in [3.05, 3.63) is 99.5 Å². The van der Waals surface area contributed by atoms with Crippen LogP contribution in [-0.4, -0.2) is 11.7 Å². The smallest absolute Gasteiger partial charge is 0.262 e. The van der Waals surface area contributed by atoms with Crippen LogP contribution in [0.25, 0.3) is 37.8 Å². The van der Waals surface area contributed by atoms with Crippen LogP contribution in [0.1, 0.15) is 5.56 Å².